The molecule has 0 fully saturated rings. The predicted molar refractivity (Wildman–Crippen MR) is 154 cm³/mol. The van der Waals surface area contributed by atoms with Crippen molar-refractivity contribution in [3.05, 3.63) is 53.9 Å². The minimum absolute atomic E-state index is 0.0542. The summed E-state index contributed by atoms with van der Waals surface area (Å²) in [6.07, 6.45) is 3.51. The van der Waals surface area contributed by atoms with Crippen LogP contribution in [0.25, 0.3) is 16.7 Å². The number of rotatable bonds is 11. The van der Waals surface area contributed by atoms with Crippen LogP contribution in [0.15, 0.2) is 42.5 Å². The van der Waals surface area contributed by atoms with Crippen molar-refractivity contribution in [2.24, 2.45) is 5.92 Å². The zero-order valence-electron chi connectivity index (χ0n) is 22.8. The molecule has 0 radical (unpaired) electrons. The number of carbonyl (C=O) groups excluding carboxylic acids is 1. The molecular weight excluding hydrogens is 476 g/mol. The minimum atomic E-state index is 0.0542. The average molecular weight is 515 g/mol. The number of anilines is 3. The molecule has 0 bridgehead atoms. The Labute approximate surface area is 224 Å². The van der Waals surface area contributed by atoms with Crippen LogP contribution in [0, 0.1) is 12.8 Å². The second-order valence-electron chi connectivity index (χ2n) is 10.5. The highest BCUT2D eigenvalue weighted by molar-refractivity contribution is 5.84. The van der Waals surface area contributed by atoms with Gasteiger partial charge in [-0.1, -0.05) is 39.0 Å². The third kappa shape index (κ3) is 5.23. The van der Waals surface area contributed by atoms with Crippen molar-refractivity contribution in [3.8, 4) is 0 Å². The molecule has 9 heteroatoms. The molecule has 3 N–H and O–H groups in total. The van der Waals surface area contributed by atoms with Gasteiger partial charge in [0.2, 0.25) is 11.6 Å². The lowest BCUT2D eigenvalue weighted by Crippen LogP contribution is -2.28. The number of carbonyl (C=O) groups is 1. The highest BCUT2D eigenvalue weighted by atomic mass is 16.1. The van der Waals surface area contributed by atoms with E-state index in [-0.39, 0.29) is 12.1 Å². The van der Waals surface area contributed by atoms with E-state index in [9.17, 15) is 4.79 Å². The Hall–Kier alpha value is -3.88. The molecule has 0 saturated heterocycles. The summed E-state index contributed by atoms with van der Waals surface area (Å²) in [6, 6.07) is 15.0. The number of unbranched alkanes of at least 4 members (excludes halogenated alkanes) is 1. The summed E-state index contributed by atoms with van der Waals surface area (Å²) in [7, 11) is 0. The molecule has 1 aliphatic rings. The van der Waals surface area contributed by atoms with Gasteiger partial charge < -0.3 is 20.9 Å². The average Bonchev–Trinajstić information content (AvgIpc) is 3.47. The van der Waals surface area contributed by atoms with Gasteiger partial charge in [0.1, 0.15) is 12.0 Å². The Balaban J connectivity index is 1.35. The molecule has 1 amide bonds. The number of aryl methyl sites for hydroxylation is 1. The second-order valence-corrected chi connectivity index (χ2v) is 10.5. The van der Waals surface area contributed by atoms with Crippen molar-refractivity contribution in [1.29, 1.82) is 0 Å². The van der Waals surface area contributed by atoms with Gasteiger partial charge in [0.15, 0.2) is 5.82 Å². The van der Waals surface area contributed by atoms with Gasteiger partial charge in [-0.15, -0.1) is 10.2 Å². The molecule has 1 atom stereocenters. The lowest BCUT2D eigenvalue weighted by atomic mass is 10.1. The fourth-order valence-corrected chi connectivity index (χ4v) is 5.17. The summed E-state index contributed by atoms with van der Waals surface area (Å²) in [5.74, 6) is 2.06. The Morgan fingerprint density at radius 2 is 1.92 bits per heavy atom. The molecule has 1 aliphatic heterocycles. The molecule has 2 aromatic carbocycles. The van der Waals surface area contributed by atoms with E-state index in [0.29, 0.717) is 18.9 Å². The number of para-hydroxylation sites is 2. The van der Waals surface area contributed by atoms with Gasteiger partial charge >= 0.3 is 0 Å². The maximum absolute atomic E-state index is 11.9. The van der Waals surface area contributed by atoms with Crippen molar-refractivity contribution >= 4 is 39.8 Å². The van der Waals surface area contributed by atoms with Crippen LogP contribution < -0.4 is 20.9 Å². The molecular formula is C29H38N8O. The standard InChI is InChI=1S/C29H38N8O/c1-5-16-36-24-11-7-6-10-22(24)33-28(36)21-12-13-25-23(18-21)32-27(29-35-34-20(4)37(25)29)31-15-9-8-14-30-26(38)17-19(2)3/h6-7,10-13,18-19,28,33H,5,8-9,14-17H2,1-4H3,(H,30,38)(H,31,32). The number of hydrogen-bond acceptors (Lipinski definition) is 7. The summed E-state index contributed by atoms with van der Waals surface area (Å²) >= 11 is 0. The minimum Gasteiger partial charge on any atom is -0.367 e. The van der Waals surface area contributed by atoms with Crippen LogP contribution in [0.3, 0.4) is 0 Å². The molecule has 5 rings (SSSR count). The third-order valence-corrected chi connectivity index (χ3v) is 6.92. The molecule has 0 saturated carbocycles. The van der Waals surface area contributed by atoms with Crippen molar-refractivity contribution in [2.45, 2.75) is 59.5 Å². The van der Waals surface area contributed by atoms with Gasteiger partial charge in [0.05, 0.1) is 22.4 Å². The Morgan fingerprint density at radius 1 is 1.11 bits per heavy atom. The van der Waals surface area contributed by atoms with Crippen LogP contribution in [0.1, 0.15) is 64.0 Å². The molecule has 0 aliphatic carbocycles. The van der Waals surface area contributed by atoms with Gasteiger partial charge in [0, 0.05) is 26.1 Å². The Bertz CT molecular complexity index is 1430. The lowest BCUT2D eigenvalue weighted by molar-refractivity contribution is -0.121. The number of aromatic nitrogens is 4. The van der Waals surface area contributed by atoms with Crippen LogP contribution >= 0.6 is 0 Å². The number of nitrogens with zero attached hydrogens (tertiary/aromatic N) is 5. The number of nitrogens with one attached hydrogen (secondary N) is 3. The van der Waals surface area contributed by atoms with Crippen molar-refractivity contribution in [3.63, 3.8) is 0 Å². The number of fused-ring (bicyclic) bond motifs is 4. The molecule has 38 heavy (non-hydrogen) atoms. The maximum Gasteiger partial charge on any atom is 0.220 e. The number of amides is 1. The topological polar surface area (TPSA) is 99.5 Å². The Kier molecular flexibility index (Phi) is 7.62. The molecule has 4 aromatic rings. The van der Waals surface area contributed by atoms with Crippen LogP contribution in [0.5, 0.6) is 0 Å². The fraction of sp³-hybridized carbons (Fsp3) is 0.448. The summed E-state index contributed by atoms with van der Waals surface area (Å²) in [5.41, 5.74) is 6.18. The largest absolute Gasteiger partial charge is 0.367 e. The first-order chi connectivity index (χ1) is 18.5. The molecule has 200 valence electrons. The van der Waals surface area contributed by atoms with Crippen molar-refractivity contribution in [1.82, 2.24) is 24.9 Å². The lowest BCUT2D eigenvalue weighted by Gasteiger charge is -2.27. The molecule has 1 unspecified atom stereocenters. The highest BCUT2D eigenvalue weighted by Gasteiger charge is 2.29. The van der Waals surface area contributed by atoms with Gasteiger partial charge in [-0.25, -0.2) is 4.98 Å². The van der Waals surface area contributed by atoms with Gasteiger partial charge in [-0.05, 0) is 61.9 Å². The van der Waals surface area contributed by atoms with Crippen LogP contribution in [-0.2, 0) is 4.79 Å². The van der Waals surface area contributed by atoms with E-state index in [2.05, 4.69) is 98.7 Å². The molecule has 0 spiro atoms. The van der Waals surface area contributed by atoms with E-state index in [0.717, 1.165) is 66.4 Å². The predicted octanol–water partition coefficient (Wildman–Crippen LogP) is 5.28. The quantitative estimate of drug-likeness (QED) is 0.234. The normalized spacial score (nSPS) is 14.8. The smallest absolute Gasteiger partial charge is 0.220 e. The van der Waals surface area contributed by atoms with E-state index >= 15 is 0 Å². The molecule has 9 nitrogen and oxygen atoms in total. The van der Waals surface area contributed by atoms with Crippen molar-refractivity contribution < 1.29 is 4.79 Å². The summed E-state index contributed by atoms with van der Waals surface area (Å²) in [4.78, 5) is 19.3. The molecule has 2 aromatic heterocycles. The van der Waals surface area contributed by atoms with E-state index in [4.69, 9.17) is 4.98 Å². The van der Waals surface area contributed by atoms with Crippen LogP contribution in [0.2, 0.25) is 0 Å². The second kappa shape index (κ2) is 11.2. The monoisotopic (exact) mass is 514 g/mol. The Morgan fingerprint density at radius 3 is 2.74 bits per heavy atom. The van der Waals surface area contributed by atoms with E-state index in [1.807, 2.05) is 6.92 Å². The van der Waals surface area contributed by atoms with Crippen molar-refractivity contribution in [2.75, 3.05) is 35.2 Å². The SMILES string of the molecule is CCCN1c2ccccc2NC1c1ccc2c(c1)nc(NCCCCNC(=O)CC(C)C)c1nnc(C)n12. The highest BCUT2D eigenvalue weighted by Crippen LogP contribution is 2.41. The van der Waals surface area contributed by atoms with Gasteiger partial charge in [-0.2, -0.15) is 0 Å². The van der Waals surface area contributed by atoms with E-state index in [1.54, 1.807) is 0 Å². The van der Waals surface area contributed by atoms with Crippen LogP contribution in [-0.4, -0.2) is 45.1 Å². The number of benzene rings is 2. The van der Waals surface area contributed by atoms with Crippen LogP contribution in [0.4, 0.5) is 17.2 Å². The maximum atomic E-state index is 11.9. The summed E-state index contributed by atoms with van der Waals surface area (Å²) in [6.45, 7) is 10.7. The summed E-state index contributed by atoms with van der Waals surface area (Å²) in [5, 5.41) is 18.9. The van der Waals surface area contributed by atoms with E-state index < -0.39 is 0 Å². The zero-order valence-corrected chi connectivity index (χ0v) is 22.8. The van der Waals surface area contributed by atoms with Gasteiger partial charge in [0.25, 0.3) is 0 Å². The first-order valence-electron chi connectivity index (χ1n) is 13.7. The number of hydrogen-bond donors (Lipinski definition) is 3. The first kappa shape index (κ1) is 25.8. The first-order valence-corrected chi connectivity index (χ1v) is 13.7. The van der Waals surface area contributed by atoms with E-state index in [1.165, 1.54) is 11.3 Å². The zero-order chi connectivity index (χ0) is 26.6. The van der Waals surface area contributed by atoms with Gasteiger partial charge in [-0.3, -0.25) is 9.20 Å². The fourth-order valence-electron chi connectivity index (χ4n) is 5.17. The summed E-state index contributed by atoms with van der Waals surface area (Å²) < 4.78 is 2.07. The molecule has 3 heterocycles. The third-order valence-electron chi connectivity index (χ3n) is 6.92.